The van der Waals surface area contributed by atoms with Crippen molar-refractivity contribution in [1.29, 1.82) is 0 Å². The molecule has 0 rings (SSSR count). The molecule has 1 unspecified atom stereocenters. The summed E-state index contributed by atoms with van der Waals surface area (Å²) in [5.74, 6) is 0. The molecule has 3 nitrogen and oxygen atoms in total. The van der Waals surface area contributed by atoms with E-state index in [-0.39, 0.29) is 12.1 Å². The summed E-state index contributed by atoms with van der Waals surface area (Å²) in [7, 11) is 0. The van der Waals surface area contributed by atoms with Crippen molar-refractivity contribution in [2.24, 2.45) is 5.73 Å². The third kappa shape index (κ3) is 6.58. The van der Waals surface area contributed by atoms with Crippen LogP contribution in [0.4, 0.5) is 0 Å². The quantitative estimate of drug-likeness (QED) is 0.565. The minimum Gasteiger partial charge on any atom is -0.396 e. The second-order valence-corrected chi connectivity index (χ2v) is 3.45. The summed E-state index contributed by atoms with van der Waals surface area (Å²) in [6, 6.07) is 0. The van der Waals surface area contributed by atoms with Crippen LogP contribution in [0.2, 0.25) is 0 Å². The molecule has 3 N–H and O–H groups in total. The fraction of sp³-hybridized carbons (Fsp3) is 1.00. The Kier molecular flexibility index (Phi) is 6.34. The van der Waals surface area contributed by atoms with Gasteiger partial charge in [0.05, 0.1) is 0 Å². The largest absolute Gasteiger partial charge is 0.396 e. The van der Waals surface area contributed by atoms with Gasteiger partial charge < -0.3 is 15.6 Å². The molecule has 0 aromatic heterocycles. The average Bonchev–Trinajstić information content (AvgIpc) is 2.04. The Morgan fingerprint density at radius 1 is 1.42 bits per heavy atom. The Labute approximate surface area is 74.9 Å². The molecule has 0 saturated heterocycles. The van der Waals surface area contributed by atoms with E-state index in [0.29, 0.717) is 19.6 Å². The number of rotatable bonds is 7. The number of hydrogen-bond donors (Lipinski definition) is 2. The molecular weight excluding hydrogens is 154 g/mol. The molecule has 0 aliphatic carbocycles. The van der Waals surface area contributed by atoms with Gasteiger partial charge in [0.1, 0.15) is 0 Å². The SMILES string of the molecule is CCC(C)(N)CCOCCCO. The molecular formula is C9H21NO2. The molecule has 74 valence electrons. The van der Waals surface area contributed by atoms with Crippen molar-refractivity contribution in [2.45, 2.75) is 38.6 Å². The van der Waals surface area contributed by atoms with Crippen LogP contribution in [0.25, 0.3) is 0 Å². The van der Waals surface area contributed by atoms with E-state index in [1.807, 2.05) is 6.92 Å². The van der Waals surface area contributed by atoms with Crippen LogP contribution in [0.5, 0.6) is 0 Å². The minimum atomic E-state index is -0.0980. The van der Waals surface area contributed by atoms with Gasteiger partial charge in [-0.3, -0.25) is 0 Å². The molecule has 0 aliphatic rings. The summed E-state index contributed by atoms with van der Waals surface area (Å²) in [5.41, 5.74) is 5.80. The predicted molar refractivity (Wildman–Crippen MR) is 50.0 cm³/mol. The van der Waals surface area contributed by atoms with Gasteiger partial charge in [-0.25, -0.2) is 0 Å². The summed E-state index contributed by atoms with van der Waals surface area (Å²) in [5, 5.41) is 8.47. The fourth-order valence-corrected chi connectivity index (χ4v) is 0.751. The molecule has 0 aromatic carbocycles. The molecule has 1 atom stereocenters. The van der Waals surface area contributed by atoms with Crippen LogP contribution in [0, 0.1) is 0 Å². The van der Waals surface area contributed by atoms with Crippen molar-refractivity contribution in [2.75, 3.05) is 19.8 Å². The highest BCUT2D eigenvalue weighted by molar-refractivity contribution is 4.75. The van der Waals surface area contributed by atoms with E-state index < -0.39 is 0 Å². The number of aliphatic hydroxyl groups excluding tert-OH is 1. The van der Waals surface area contributed by atoms with Gasteiger partial charge in [-0.1, -0.05) is 6.92 Å². The highest BCUT2D eigenvalue weighted by Crippen LogP contribution is 2.09. The van der Waals surface area contributed by atoms with E-state index in [2.05, 4.69) is 6.92 Å². The summed E-state index contributed by atoms with van der Waals surface area (Å²) in [6.07, 6.45) is 2.57. The molecule has 0 spiro atoms. The van der Waals surface area contributed by atoms with Crippen LogP contribution in [-0.2, 0) is 4.74 Å². The molecule has 0 amide bonds. The van der Waals surface area contributed by atoms with Crippen LogP contribution in [-0.4, -0.2) is 30.5 Å². The second kappa shape index (κ2) is 6.40. The lowest BCUT2D eigenvalue weighted by atomic mass is 9.97. The zero-order valence-corrected chi connectivity index (χ0v) is 8.18. The standard InChI is InChI=1S/C9H21NO2/c1-3-9(2,10)5-8-12-7-4-6-11/h11H,3-8,10H2,1-2H3. The maximum absolute atomic E-state index is 8.47. The smallest absolute Gasteiger partial charge is 0.0487 e. The van der Waals surface area contributed by atoms with Gasteiger partial charge in [0.25, 0.3) is 0 Å². The van der Waals surface area contributed by atoms with Gasteiger partial charge in [-0.05, 0) is 26.2 Å². The van der Waals surface area contributed by atoms with Crippen LogP contribution in [0.15, 0.2) is 0 Å². The lowest BCUT2D eigenvalue weighted by molar-refractivity contribution is 0.101. The van der Waals surface area contributed by atoms with Crippen molar-refractivity contribution in [3.8, 4) is 0 Å². The monoisotopic (exact) mass is 175 g/mol. The minimum absolute atomic E-state index is 0.0980. The van der Waals surface area contributed by atoms with E-state index in [0.717, 1.165) is 12.8 Å². The lowest BCUT2D eigenvalue weighted by Gasteiger charge is -2.22. The van der Waals surface area contributed by atoms with Gasteiger partial charge in [-0.2, -0.15) is 0 Å². The Balaban J connectivity index is 3.19. The first-order valence-electron chi connectivity index (χ1n) is 4.60. The summed E-state index contributed by atoms with van der Waals surface area (Å²) in [4.78, 5) is 0. The van der Waals surface area contributed by atoms with E-state index in [4.69, 9.17) is 15.6 Å². The van der Waals surface area contributed by atoms with Crippen LogP contribution in [0.3, 0.4) is 0 Å². The maximum Gasteiger partial charge on any atom is 0.0487 e. The van der Waals surface area contributed by atoms with E-state index in [1.54, 1.807) is 0 Å². The fourth-order valence-electron chi connectivity index (χ4n) is 0.751. The molecule has 0 fully saturated rings. The molecule has 0 bridgehead atoms. The van der Waals surface area contributed by atoms with Gasteiger partial charge in [0.2, 0.25) is 0 Å². The number of ether oxygens (including phenoxy) is 1. The molecule has 0 aromatic rings. The van der Waals surface area contributed by atoms with Crippen LogP contribution < -0.4 is 5.73 Å². The summed E-state index contributed by atoms with van der Waals surface area (Å²) < 4.78 is 5.27. The Hall–Kier alpha value is -0.120. The van der Waals surface area contributed by atoms with E-state index >= 15 is 0 Å². The van der Waals surface area contributed by atoms with Crippen molar-refractivity contribution >= 4 is 0 Å². The summed E-state index contributed by atoms with van der Waals surface area (Å²) >= 11 is 0. The average molecular weight is 175 g/mol. The Morgan fingerprint density at radius 3 is 2.58 bits per heavy atom. The number of hydrogen-bond acceptors (Lipinski definition) is 3. The predicted octanol–water partition coefficient (Wildman–Crippen LogP) is 0.903. The first-order chi connectivity index (χ1) is 5.62. The van der Waals surface area contributed by atoms with Gasteiger partial charge in [0.15, 0.2) is 0 Å². The molecule has 3 heteroatoms. The molecule has 0 aliphatic heterocycles. The third-order valence-electron chi connectivity index (χ3n) is 2.07. The first-order valence-corrected chi connectivity index (χ1v) is 4.60. The lowest BCUT2D eigenvalue weighted by Crippen LogP contribution is -2.36. The summed E-state index contributed by atoms with van der Waals surface area (Å²) in [6.45, 7) is 5.64. The van der Waals surface area contributed by atoms with Gasteiger partial charge in [-0.15, -0.1) is 0 Å². The Morgan fingerprint density at radius 2 is 2.08 bits per heavy atom. The van der Waals surface area contributed by atoms with Gasteiger partial charge >= 0.3 is 0 Å². The van der Waals surface area contributed by atoms with Crippen molar-refractivity contribution in [1.82, 2.24) is 0 Å². The molecule has 0 radical (unpaired) electrons. The van der Waals surface area contributed by atoms with Crippen LogP contribution in [0.1, 0.15) is 33.1 Å². The topological polar surface area (TPSA) is 55.5 Å². The zero-order chi connectivity index (χ0) is 9.45. The van der Waals surface area contributed by atoms with E-state index in [9.17, 15) is 0 Å². The number of nitrogens with two attached hydrogens (primary N) is 1. The highest BCUT2D eigenvalue weighted by Gasteiger charge is 2.14. The zero-order valence-electron chi connectivity index (χ0n) is 8.18. The molecule has 0 saturated carbocycles. The Bertz CT molecular complexity index is 105. The van der Waals surface area contributed by atoms with Crippen molar-refractivity contribution in [3.05, 3.63) is 0 Å². The third-order valence-corrected chi connectivity index (χ3v) is 2.07. The van der Waals surface area contributed by atoms with Crippen LogP contribution >= 0.6 is 0 Å². The normalized spacial score (nSPS) is 16.0. The van der Waals surface area contributed by atoms with Gasteiger partial charge in [0, 0.05) is 25.4 Å². The van der Waals surface area contributed by atoms with Crippen molar-refractivity contribution in [3.63, 3.8) is 0 Å². The van der Waals surface area contributed by atoms with E-state index in [1.165, 1.54) is 0 Å². The first kappa shape index (κ1) is 11.9. The highest BCUT2D eigenvalue weighted by atomic mass is 16.5. The molecule has 0 heterocycles. The number of aliphatic hydroxyl groups is 1. The molecule has 12 heavy (non-hydrogen) atoms. The maximum atomic E-state index is 8.47. The second-order valence-electron chi connectivity index (χ2n) is 3.45. The van der Waals surface area contributed by atoms with Crippen molar-refractivity contribution < 1.29 is 9.84 Å².